The van der Waals surface area contributed by atoms with Gasteiger partial charge in [0.05, 0.1) is 16.2 Å². The summed E-state index contributed by atoms with van der Waals surface area (Å²) in [5.74, 6) is 0.870. The highest BCUT2D eigenvalue weighted by molar-refractivity contribution is 6.76. The Kier molecular flexibility index (Phi) is 8.36. The summed E-state index contributed by atoms with van der Waals surface area (Å²) in [6.07, 6.45) is 5.32. The first kappa shape index (κ1) is 31.7. The van der Waals surface area contributed by atoms with E-state index in [1.54, 1.807) is 4.68 Å². The molecule has 1 amide bonds. The molecule has 2 saturated heterocycles. The van der Waals surface area contributed by atoms with Crippen molar-refractivity contribution in [1.82, 2.24) is 34.8 Å². The molecule has 4 aromatic rings. The number of benzene rings is 1. The van der Waals surface area contributed by atoms with Gasteiger partial charge in [-0.1, -0.05) is 31.2 Å². The molecule has 45 heavy (non-hydrogen) atoms. The van der Waals surface area contributed by atoms with E-state index in [4.69, 9.17) is 36.1 Å². The van der Waals surface area contributed by atoms with E-state index in [0.29, 0.717) is 28.5 Å². The Labute approximate surface area is 270 Å². The number of hydrogen-bond acceptors (Lipinski definition) is 8. The largest absolute Gasteiger partial charge is 0.444 e. The van der Waals surface area contributed by atoms with Gasteiger partial charge in [-0.15, -0.1) is 0 Å². The predicted octanol–water partition coefficient (Wildman–Crippen LogP) is 6.68. The van der Waals surface area contributed by atoms with Crippen LogP contribution >= 0.6 is 11.6 Å². The van der Waals surface area contributed by atoms with Gasteiger partial charge < -0.3 is 19.7 Å². The van der Waals surface area contributed by atoms with Crippen LogP contribution in [0, 0.1) is 6.92 Å². The molecule has 0 saturated carbocycles. The number of ether oxygens (including phenoxy) is 2. The van der Waals surface area contributed by atoms with E-state index in [2.05, 4.69) is 35.0 Å². The van der Waals surface area contributed by atoms with E-state index < -0.39 is 13.7 Å². The summed E-state index contributed by atoms with van der Waals surface area (Å²) >= 11 is 6.98. The van der Waals surface area contributed by atoms with E-state index in [9.17, 15) is 4.79 Å². The third kappa shape index (κ3) is 6.68. The number of aryl methyl sites for hydroxylation is 2. The minimum Gasteiger partial charge on any atom is -0.444 e. The molecule has 2 aliphatic heterocycles. The number of fused-ring (bicyclic) bond motifs is 4. The highest BCUT2D eigenvalue weighted by Crippen LogP contribution is 2.42. The molecule has 11 nitrogen and oxygen atoms in total. The van der Waals surface area contributed by atoms with Crippen LogP contribution in [-0.4, -0.2) is 74.0 Å². The van der Waals surface area contributed by atoms with Crippen LogP contribution in [0.5, 0.6) is 0 Å². The molecule has 3 atom stereocenters. The zero-order valence-corrected chi connectivity index (χ0v) is 29.4. The minimum atomic E-state index is -1.25. The Hall–Kier alpha value is -3.22. The Morgan fingerprint density at radius 3 is 2.49 bits per heavy atom. The minimum absolute atomic E-state index is 0.0621. The van der Waals surface area contributed by atoms with Gasteiger partial charge in [0, 0.05) is 57.0 Å². The number of nitrogens with zero attached hydrogens (tertiary/aromatic N) is 7. The molecule has 242 valence electrons. The van der Waals surface area contributed by atoms with Crippen LogP contribution in [-0.2, 0) is 23.3 Å². The maximum Gasteiger partial charge on any atom is 0.407 e. The summed E-state index contributed by atoms with van der Waals surface area (Å²) in [4.78, 5) is 25.4. The SMILES string of the molecule is Cc1nc2c(-c3ccc4nn(C)cc4c3Cl)nn(COCC[Si](C)(C)C)c2nc1N1[C@@H]2CC[C@H]1CC(NC(=O)OC(C)(C)C)C2. The molecular formula is C32H45ClN8O3Si. The number of rotatable bonds is 8. The number of carbonyl (C=O) groups is 1. The van der Waals surface area contributed by atoms with Crippen molar-refractivity contribution in [2.45, 2.75) is 110 Å². The molecular weight excluding hydrogens is 608 g/mol. The van der Waals surface area contributed by atoms with E-state index in [-0.39, 0.29) is 30.9 Å². The molecule has 2 aliphatic rings. The van der Waals surface area contributed by atoms with Crippen LogP contribution in [0.3, 0.4) is 0 Å². The van der Waals surface area contributed by atoms with Gasteiger partial charge in [-0.25, -0.2) is 19.4 Å². The van der Waals surface area contributed by atoms with Crippen molar-refractivity contribution in [3.63, 3.8) is 0 Å². The van der Waals surface area contributed by atoms with E-state index in [1.165, 1.54) is 0 Å². The summed E-state index contributed by atoms with van der Waals surface area (Å²) in [5.41, 5.74) is 3.99. The fourth-order valence-corrected chi connectivity index (χ4v) is 7.63. The van der Waals surface area contributed by atoms with Gasteiger partial charge in [-0.3, -0.25) is 4.68 Å². The Balaban J connectivity index is 1.34. The fraction of sp³-hybridized carbons (Fsp3) is 0.594. The van der Waals surface area contributed by atoms with E-state index in [1.807, 2.05) is 57.8 Å². The van der Waals surface area contributed by atoms with Gasteiger partial charge in [-0.2, -0.15) is 10.2 Å². The highest BCUT2D eigenvalue weighted by Gasteiger charge is 2.43. The summed E-state index contributed by atoms with van der Waals surface area (Å²) in [6, 6.07) is 5.55. The van der Waals surface area contributed by atoms with Gasteiger partial charge in [0.1, 0.15) is 23.5 Å². The lowest BCUT2D eigenvalue weighted by atomic mass is 9.97. The second-order valence-electron chi connectivity index (χ2n) is 14.8. The van der Waals surface area contributed by atoms with Crippen molar-refractivity contribution in [2.24, 2.45) is 7.05 Å². The van der Waals surface area contributed by atoms with Crippen LogP contribution in [0.2, 0.25) is 30.7 Å². The molecule has 3 aromatic heterocycles. The number of aromatic nitrogens is 6. The first-order valence-corrected chi connectivity index (χ1v) is 20.0. The van der Waals surface area contributed by atoms with Gasteiger partial charge in [-0.05, 0) is 71.6 Å². The lowest BCUT2D eigenvalue weighted by molar-refractivity contribution is 0.0492. The third-order valence-electron chi connectivity index (χ3n) is 8.62. The topological polar surface area (TPSA) is 112 Å². The summed E-state index contributed by atoms with van der Waals surface area (Å²) < 4.78 is 15.3. The molecule has 5 heterocycles. The zero-order chi connectivity index (χ0) is 32.3. The summed E-state index contributed by atoms with van der Waals surface area (Å²) in [5, 5.41) is 14.1. The van der Waals surface area contributed by atoms with Gasteiger partial charge in [0.25, 0.3) is 0 Å². The molecule has 0 aliphatic carbocycles. The Bertz CT molecular complexity index is 1730. The monoisotopic (exact) mass is 652 g/mol. The van der Waals surface area contributed by atoms with E-state index in [0.717, 1.165) is 59.7 Å². The van der Waals surface area contributed by atoms with Crippen molar-refractivity contribution in [2.75, 3.05) is 11.5 Å². The first-order chi connectivity index (χ1) is 21.2. The van der Waals surface area contributed by atoms with Crippen LogP contribution in [0.15, 0.2) is 18.3 Å². The molecule has 1 N–H and O–H groups in total. The molecule has 6 rings (SSSR count). The average molecular weight is 653 g/mol. The van der Waals surface area contributed by atoms with Crippen LogP contribution in [0.1, 0.15) is 52.1 Å². The van der Waals surface area contributed by atoms with E-state index >= 15 is 0 Å². The summed E-state index contributed by atoms with van der Waals surface area (Å²) in [7, 11) is 0.634. The second kappa shape index (κ2) is 11.9. The van der Waals surface area contributed by atoms with Crippen LogP contribution < -0.4 is 10.2 Å². The number of amides is 1. The molecule has 2 bridgehead atoms. The normalized spacial score (nSPS) is 20.4. The second-order valence-corrected chi connectivity index (χ2v) is 20.8. The number of anilines is 1. The number of nitrogens with one attached hydrogen (secondary N) is 1. The zero-order valence-electron chi connectivity index (χ0n) is 27.6. The smallest absolute Gasteiger partial charge is 0.407 e. The Morgan fingerprint density at radius 2 is 1.82 bits per heavy atom. The van der Waals surface area contributed by atoms with Crippen molar-refractivity contribution in [1.29, 1.82) is 0 Å². The maximum absolute atomic E-state index is 12.5. The maximum atomic E-state index is 12.5. The summed E-state index contributed by atoms with van der Waals surface area (Å²) in [6.45, 7) is 15.6. The Morgan fingerprint density at radius 1 is 1.11 bits per heavy atom. The van der Waals surface area contributed by atoms with Gasteiger partial charge in [0.2, 0.25) is 0 Å². The average Bonchev–Trinajstić information content (AvgIpc) is 3.55. The molecule has 0 spiro atoms. The predicted molar refractivity (Wildman–Crippen MR) is 181 cm³/mol. The third-order valence-corrected chi connectivity index (χ3v) is 10.7. The van der Waals surface area contributed by atoms with Gasteiger partial charge in [0.15, 0.2) is 11.5 Å². The molecule has 1 unspecified atom stereocenters. The van der Waals surface area contributed by atoms with Crippen molar-refractivity contribution < 1.29 is 14.3 Å². The molecule has 0 radical (unpaired) electrons. The van der Waals surface area contributed by atoms with Crippen LogP contribution in [0.25, 0.3) is 33.3 Å². The quantitative estimate of drug-likeness (QED) is 0.166. The molecule has 2 fully saturated rings. The number of hydrogen-bond donors (Lipinski definition) is 1. The van der Waals surface area contributed by atoms with Crippen molar-refractivity contribution in [3.05, 3.63) is 29.0 Å². The number of carbonyl (C=O) groups excluding carboxylic acids is 1. The van der Waals surface area contributed by atoms with Crippen molar-refractivity contribution >= 4 is 53.7 Å². The number of halogens is 1. The first-order valence-electron chi connectivity index (χ1n) is 15.9. The number of piperidine rings is 1. The standard InChI is InChI=1S/C32H45ClN8O3Si/c1-19-29(41-21-9-10-22(41)16-20(15-21)35-31(42)44-32(2,3)4)36-30-28(34-19)27(38-40(30)18-43-13-14-45(6,7)8)23-11-12-25-24(26(23)33)17-39(5)37-25/h11-12,17,20-22H,9-10,13-16,18H2,1-8H3,(H,35,42)/t20?,21-,22+. The van der Waals surface area contributed by atoms with Gasteiger partial charge >= 0.3 is 6.09 Å². The van der Waals surface area contributed by atoms with Crippen molar-refractivity contribution in [3.8, 4) is 11.3 Å². The number of alkyl carbamates (subject to hydrolysis) is 1. The van der Waals surface area contributed by atoms with Crippen LogP contribution in [0.4, 0.5) is 10.6 Å². The fourth-order valence-electron chi connectivity index (χ4n) is 6.58. The lowest BCUT2D eigenvalue weighted by Gasteiger charge is -2.40. The molecule has 13 heteroatoms. The lowest BCUT2D eigenvalue weighted by Crippen LogP contribution is -2.51. The molecule has 1 aromatic carbocycles. The highest BCUT2D eigenvalue weighted by atomic mass is 35.5.